The lowest BCUT2D eigenvalue weighted by Crippen LogP contribution is -2.33. The minimum absolute atomic E-state index is 0.0510. The average Bonchev–Trinajstić information content (AvgIpc) is 2.85. The molecule has 2 amide bonds. The van der Waals surface area contributed by atoms with Crippen molar-refractivity contribution in [2.75, 3.05) is 13.1 Å². The molecule has 3 aromatic carbocycles. The molecule has 0 radical (unpaired) electrons. The second-order valence-corrected chi connectivity index (χ2v) is 7.54. The van der Waals surface area contributed by atoms with Crippen LogP contribution in [0.2, 0.25) is 0 Å². The molecule has 1 aromatic heterocycles. The van der Waals surface area contributed by atoms with E-state index in [0.717, 1.165) is 22.0 Å². The Kier molecular flexibility index (Phi) is 6.88. The number of rotatable bonds is 8. The zero-order chi connectivity index (χ0) is 22.2. The Morgan fingerprint density at radius 3 is 1.97 bits per heavy atom. The first-order chi connectivity index (χ1) is 15.7. The van der Waals surface area contributed by atoms with Crippen LogP contribution in [0.5, 0.6) is 0 Å². The van der Waals surface area contributed by atoms with E-state index in [1.807, 2.05) is 91.0 Å². The van der Waals surface area contributed by atoms with Crippen molar-refractivity contribution in [1.82, 2.24) is 15.6 Å². The second-order valence-electron chi connectivity index (χ2n) is 7.54. The molecular weight excluding hydrogens is 398 g/mol. The number of nitrogens with one attached hydrogen (secondary N) is 2. The highest BCUT2D eigenvalue weighted by atomic mass is 16.2. The monoisotopic (exact) mass is 423 g/mol. The number of nitrogens with zero attached hydrogens (tertiary/aromatic N) is 1. The third kappa shape index (κ3) is 5.19. The van der Waals surface area contributed by atoms with Gasteiger partial charge in [-0.1, -0.05) is 84.9 Å². The van der Waals surface area contributed by atoms with Gasteiger partial charge in [-0.05, 0) is 29.7 Å². The van der Waals surface area contributed by atoms with E-state index in [1.165, 1.54) is 0 Å². The zero-order valence-corrected chi connectivity index (χ0v) is 17.7. The van der Waals surface area contributed by atoms with Gasteiger partial charge < -0.3 is 10.6 Å². The number of benzene rings is 3. The zero-order valence-electron chi connectivity index (χ0n) is 17.7. The number of hydrogen-bond acceptors (Lipinski definition) is 3. The maximum Gasteiger partial charge on any atom is 0.269 e. The molecule has 4 aromatic rings. The number of carbonyl (C=O) groups is 2. The average molecular weight is 424 g/mol. The van der Waals surface area contributed by atoms with Crippen LogP contribution < -0.4 is 10.6 Å². The Labute approximate surface area is 187 Å². The first-order valence-electron chi connectivity index (χ1n) is 10.7. The highest BCUT2D eigenvalue weighted by Gasteiger charge is 2.22. The van der Waals surface area contributed by atoms with Gasteiger partial charge >= 0.3 is 0 Å². The highest BCUT2D eigenvalue weighted by molar-refractivity contribution is 5.94. The van der Waals surface area contributed by atoms with Crippen molar-refractivity contribution in [1.29, 1.82) is 0 Å². The molecule has 0 aliphatic rings. The highest BCUT2D eigenvalue weighted by Crippen LogP contribution is 2.24. The van der Waals surface area contributed by atoms with Crippen molar-refractivity contribution in [3.63, 3.8) is 0 Å². The number of pyridine rings is 1. The van der Waals surface area contributed by atoms with Crippen molar-refractivity contribution in [2.45, 2.75) is 12.3 Å². The molecule has 0 atom stereocenters. The number of amides is 2. The molecule has 0 aliphatic carbocycles. The lowest BCUT2D eigenvalue weighted by molar-refractivity contribution is -0.121. The molecular formula is C27H25N3O2. The summed E-state index contributed by atoms with van der Waals surface area (Å²) in [6.07, 6.45) is 0.626. The fraction of sp³-hybridized carbons (Fsp3) is 0.148. The number of carbonyl (C=O) groups excluding carboxylic acids is 2. The van der Waals surface area contributed by atoms with Crippen LogP contribution in [0.15, 0.2) is 97.1 Å². The Morgan fingerprint density at radius 1 is 0.688 bits per heavy atom. The molecule has 5 heteroatoms. The van der Waals surface area contributed by atoms with E-state index >= 15 is 0 Å². The summed E-state index contributed by atoms with van der Waals surface area (Å²) in [5.41, 5.74) is 3.08. The van der Waals surface area contributed by atoms with E-state index in [9.17, 15) is 9.59 Å². The first kappa shape index (κ1) is 21.2. The molecule has 0 aliphatic heterocycles. The maximum absolute atomic E-state index is 13.0. The smallest absolute Gasteiger partial charge is 0.269 e. The first-order valence-corrected chi connectivity index (χ1v) is 10.7. The molecule has 1 heterocycles. The predicted octanol–water partition coefficient (Wildman–Crippen LogP) is 4.30. The van der Waals surface area contributed by atoms with Crippen molar-refractivity contribution in [2.24, 2.45) is 0 Å². The van der Waals surface area contributed by atoms with E-state index in [1.54, 1.807) is 6.07 Å². The van der Waals surface area contributed by atoms with E-state index in [2.05, 4.69) is 15.6 Å². The number of para-hydroxylation sites is 1. The van der Waals surface area contributed by atoms with Gasteiger partial charge in [0.15, 0.2) is 0 Å². The molecule has 4 rings (SSSR count). The molecule has 160 valence electrons. The minimum atomic E-state index is -0.367. The van der Waals surface area contributed by atoms with Crippen LogP contribution in [0.4, 0.5) is 0 Å². The fourth-order valence-corrected chi connectivity index (χ4v) is 3.67. The summed E-state index contributed by atoms with van der Waals surface area (Å²) in [7, 11) is 0. The Hall–Kier alpha value is -3.99. The van der Waals surface area contributed by atoms with E-state index in [4.69, 9.17) is 0 Å². The topological polar surface area (TPSA) is 71.1 Å². The Morgan fingerprint density at radius 2 is 1.28 bits per heavy atom. The van der Waals surface area contributed by atoms with Crippen molar-refractivity contribution in [3.05, 3.63) is 114 Å². The third-order valence-corrected chi connectivity index (χ3v) is 5.30. The van der Waals surface area contributed by atoms with E-state index in [-0.39, 0.29) is 17.7 Å². The summed E-state index contributed by atoms with van der Waals surface area (Å²) in [6, 6.07) is 30.8. The fourth-order valence-electron chi connectivity index (χ4n) is 3.67. The molecule has 0 unspecified atom stereocenters. The minimum Gasteiger partial charge on any atom is -0.355 e. The summed E-state index contributed by atoms with van der Waals surface area (Å²) in [4.78, 5) is 29.8. The Balaban J connectivity index is 1.30. The molecule has 0 bridgehead atoms. The lowest BCUT2D eigenvalue weighted by Gasteiger charge is -2.18. The van der Waals surface area contributed by atoms with Crippen molar-refractivity contribution in [3.8, 4) is 0 Å². The van der Waals surface area contributed by atoms with Crippen LogP contribution in [-0.2, 0) is 4.79 Å². The van der Waals surface area contributed by atoms with Crippen molar-refractivity contribution >= 4 is 22.7 Å². The summed E-state index contributed by atoms with van der Waals surface area (Å²) in [5, 5.41) is 6.89. The predicted molar refractivity (Wildman–Crippen MR) is 126 cm³/mol. The van der Waals surface area contributed by atoms with Gasteiger partial charge in [-0.3, -0.25) is 9.59 Å². The summed E-state index contributed by atoms with van der Waals surface area (Å²) in [5.74, 6) is -0.632. The molecule has 0 spiro atoms. The van der Waals surface area contributed by atoms with Gasteiger partial charge in [-0.15, -0.1) is 0 Å². The number of fused-ring (bicyclic) bond motifs is 1. The van der Waals surface area contributed by atoms with Gasteiger partial charge in [-0.2, -0.15) is 0 Å². The molecule has 0 saturated carbocycles. The molecule has 32 heavy (non-hydrogen) atoms. The third-order valence-electron chi connectivity index (χ3n) is 5.30. The number of hydrogen-bond donors (Lipinski definition) is 2. The van der Waals surface area contributed by atoms with Crippen molar-refractivity contribution < 1.29 is 9.59 Å². The Bertz CT molecular complexity index is 1150. The van der Waals surface area contributed by atoms with Gasteiger partial charge in [0.2, 0.25) is 5.91 Å². The lowest BCUT2D eigenvalue weighted by atomic mass is 9.90. The van der Waals surface area contributed by atoms with E-state index in [0.29, 0.717) is 25.2 Å². The summed E-state index contributed by atoms with van der Waals surface area (Å²) >= 11 is 0. The molecule has 5 nitrogen and oxygen atoms in total. The van der Waals surface area contributed by atoms with Crippen LogP contribution >= 0.6 is 0 Å². The van der Waals surface area contributed by atoms with Crippen LogP contribution in [0.25, 0.3) is 10.9 Å². The normalized spacial score (nSPS) is 10.8. The van der Waals surface area contributed by atoms with Gasteiger partial charge in [0.05, 0.1) is 11.4 Å². The molecule has 2 N–H and O–H groups in total. The van der Waals surface area contributed by atoms with Gasteiger partial charge in [0, 0.05) is 18.5 Å². The van der Waals surface area contributed by atoms with Crippen LogP contribution in [0.3, 0.4) is 0 Å². The second kappa shape index (κ2) is 10.4. The summed E-state index contributed by atoms with van der Waals surface area (Å²) < 4.78 is 0. The quantitative estimate of drug-likeness (QED) is 0.415. The van der Waals surface area contributed by atoms with Crippen LogP contribution in [-0.4, -0.2) is 29.9 Å². The van der Waals surface area contributed by atoms with Gasteiger partial charge in [0.25, 0.3) is 5.91 Å². The standard InChI is InChI=1S/C27H25N3O2/c31-26(24-17-16-20-10-7-8-15-23(20)30-24)28-18-9-19-29-27(32)25(21-11-3-1-4-12-21)22-13-5-2-6-14-22/h1-8,10-17,25H,9,18-19H2,(H,28,31)(H,29,32). The SMILES string of the molecule is O=C(NCCCNC(=O)C(c1ccccc1)c1ccccc1)c1ccc2ccccc2n1. The molecule has 0 fully saturated rings. The van der Waals surface area contributed by atoms with Gasteiger partial charge in [0.1, 0.15) is 5.69 Å². The van der Waals surface area contributed by atoms with E-state index < -0.39 is 0 Å². The maximum atomic E-state index is 13.0. The van der Waals surface area contributed by atoms with Gasteiger partial charge in [-0.25, -0.2) is 4.98 Å². The largest absolute Gasteiger partial charge is 0.355 e. The molecule has 0 saturated heterocycles. The van der Waals surface area contributed by atoms with Crippen LogP contribution in [0.1, 0.15) is 34.0 Å². The number of aromatic nitrogens is 1. The van der Waals surface area contributed by atoms with Crippen LogP contribution in [0, 0.1) is 0 Å². The summed E-state index contributed by atoms with van der Waals surface area (Å²) in [6.45, 7) is 0.926.